The second-order valence-electron chi connectivity index (χ2n) is 5.48. The van der Waals surface area contributed by atoms with Gasteiger partial charge in [0.25, 0.3) is 0 Å². The van der Waals surface area contributed by atoms with Gasteiger partial charge in [-0.3, -0.25) is 4.79 Å². The Morgan fingerprint density at radius 3 is 1.95 bits per heavy atom. The number of carbonyl (C=O) groups is 1. The van der Waals surface area contributed by atoms with Crippen LogP contribution >= 0.6 is 0 Å². The maximum absolute atomic E-state index is 10.3. The van der Waals surface area contributed by atoms with Crippen molar-refractivity contribution in [1.29, 1.82) is 0 Å². The van der Waals surface area contributed by atoms with Gasteiger partial charge in [-0.05, 0) is 44.4 Å². The monoisotopic (exact) mass is 266 g/mol. The molecule has 0 aromatic heterocycles. The van der Waals surface area contributed by atoms with Crippen LogP contribution in [0.2, 0.25) is 0 Å². The zero-order valence-corrected chi connectivity index (χ0v) is 12.6. The number of hydrogen-bond donors (Lipinski definition) is 1. The molecule has 0 spiro atoms. The highest BCUT2D eigenvalue weighted by Gasteiger charge is 1.93. The third-order valence-electron chi connectivity index (χ3n) is 3.00. The Morgan fingerprint density at radius 2 is 1.42 bits per heavy atom. The second kappa shape index (κ2) is 13.4. The molecule has 0 aliphatic heterocycles. The summed E-state index contributed by atoms with van der Waals surface area (Å²) in [6, 6.07) is 0. The van der Waals surface area contributed by atoms with Crippen LogP contribution in [-0.2, 0) is 4.79 Å². The summed E-state index contributed by atoms with van der Waals surface area (Å²) in [6.07, 6.45) is 18.1. The molecule has 0 aromatic carbocycles. The van der Waals surface area contributed by atoms with Crippen LogP contribution in [0.25, 0.3) is 0 Å². The molecule has 0 bridgehead atoms. The van der Waals surface area contributed by atoms with E-state index >= 15 is 0 Å². The number of unbranched alkanes of at least 4 members (excludes halogenated alkanes) is 4. The third-order valence-corrected chi connectivity index (χ3v) is 3.00. The summed E-state index contributed by atoms with van der Waals surface area (Å²) in [6.45, 7) is 4.55. The Morgan fingerprint density at radius 1 is 0.895 bits per heavy atom. The molecule has 0 fully saturated rings. The first kappa shape index (κ1) is 17.9. The summed E-state index contributed by atoms with van der Waals surface area (Å²) in [4.78, 5) is 10.3. The van der Waals surface area contributed by atoms with Crippen LogP contribution in [0.5, 0.6) is 0 Å². The highest BCUT2D eigenvalue weighted by molar-refractivity contribution is 5.66. The summed E-state index contributed by atoms with van der Waals surface area (Å²) in [5.74, 6) is 0.129. The van der Waals surface area contributed by atoms with Crippen LogP contribution in [0.1, 0.15) is 71.6 Å². The fourth-order valence-electron chi connectivity index (χ4n) is 1.85. The lowest BCUT2D eigenvalue weighted by atomic mass is 10.1. The molecule has 19 heavy (non-hydrogen) atoms. The van der Waals surface area contributed by atoms with E-state index in [1.807, 2.05) is 0 Å². The number of hydrogen-bond acceptors (Lipinski definition) is 1. The lowest BCUT2D eigenvalue weighted by Gasteiger charge is -2.01. The first-order valence-corrected chi connectivity index (χ1v) is 7.64. The van der Waals surface area contributed by atoms with E-state index in [9.17, 15) is 4.79 Å². The van der Waals surface area contributed by atoms with Crippen LogP contribution in [0.15, 0.2) is 24.3 Å². The van der Waals surface area contributed by atoms with Crippen molar-refractivity contribution in [3.63, 3.8) is 0 Å². The summed E-state index contributed by atoms with van der Waals surface area (Å²) >= 11 is 0. The minimum atomic E-state index is -0.700. The number of allylic oxidation sites excluding steroid dienone is 4. The molecule has 0 aliphatic carbocycles. The zero-order chi connectivity index (χ0) is 14.3. The molecule has 0 atom stereocenters. The van der Waals surface area contributed by atoms with E-state index in [-0.39, 0.29) is 6.42 Å². The van der Waals surface area contributed by atoms with Gasteiger partial charge in [0.05, 0.1) is 0 Å². The molecule has 0 amide bonds. The van der Waals surface area contributed by atoms with E-state index in [2.05, 4.69) is 38.2 Å². The Labute approximate surface area is 118 Å². The van der Waals surface area contributed by atoms with Crippen LogP contribution in [0, 0.1) is 5.92 Å². The van der Waals surface area contributed by atoms with Crippen molar-refractivity contribution in [3.8, 4) is 0 Å². The molecule has 0 unspecified atom stereocenters. The Balaban J connectivity index is 3.24. The molecular weight excluding hydrogens is 236 g/mol. The fraction of sp³-hybridized carbons (Fsp3) is 0.706. The van der Waals surface area contributed by atoms with Gasteiger partial charge in [-0.2, -0.15) is 0 Å². The lowest BCUT2D eigenvalue weighted by molar-refractivity contribution is -0.137. The minimum Gasteiger partial charge on any atom is -0.481 e. The summed E-state index contributed by atoms with van der Waals surface area (Å²) in [5, 5.41) is 8.47. The maximum Gasteiger partial charge on any atom is 0.303 e. The summed E-state index contributed by atoms with van der Waals surface area (Å²) < 4.78 is 0. The molecule has 1 N–H and O–H groups in total. The van der Waals surface area contributed by atoms with Gasteiger partial charge in [0.15, 0.2) is 0 Å². The van der Waals surface area contributed by atoms with E-state index in [4.69, 9.17) is 5.11 Å². The lowest BCUT2D eigenvalue weighted by Crippen LogP contribution is -1.92. The Hall–Kier alpha value is -1.05. The zero-order valence-electron chi connectivity index (χ0n) is 12.6. The predicted molar refractivity (Wildman–Crippen MR) is 82.3 cm³/mol. The van der Waals surface area contributed by atoms with Gasteiger partial charge < -0.3 is 5.11 Å². The van der Waals surface area contributed by atoms with Crippen molar-refractivity contribution < 1.29 is 9.90 Å². The summed E-state index contributed by atoms with van der Waals surface area (Å²) in [5.41, 5.74) is 0. The molecule has 0 aliphatic rings. The van der Waals surface area contributed by atoms with E-state index in [0.29, 0.717) is 0 Å². The number of aliphatic carboxylic acids is 1. The van der Waals surface area contributed by atoms with Crippen molar-refractivity contribution in [2.75, 3.05) is 0 Å². The van der Waals surface area contributed by atoms with E-state index in [0.717, 1.165) is 31.6 Å². The highest BCUT2D eigenvalue weighted by atomic mass is 16.4. The van der Waals surface area contributed by atoms with Crippen molar-refractivity contribution in [2.45, 2.75) is 71.6 Å². The number of carboxylic acids is 1. The first-order valence-electron chi connectivity index (χ1n) is 7.64. The molecule has 0 saturated heterocycles. The first-order chi connectivity index (χ1) is 9.13. The third kappa shape index (κ3) is 16.9. The SMILES string of the molecule is CC(C)CCCC/C=C/CC/C=C/CCCC(=O)O. The fourth-order valence-corrected chi connectivity index (χ4v) is 1.85. The quantitative estimate of drug-likeness (QED) is 0.382. The topological polar surface area (TPSA) is 37.3 Å². The van der Waals surface area contributed by atoms with Gasteiger partial charge >= 0.3 is 5.97 Å². The van der Waals surface area contributed by atoms with Crippen molar-refractivity contribution >= 4 is 5.97 Å². The largest absolute Gasteiger partial charge is 0.481 e. The van der Waals surface area contributed by atoms with Crippen molar-refractivity contribution in [1.82, 2.24) is 0 Å². The highest BCUT2D eigenvalue weighted by Crippen LogP contribution is 2.08. The summed E-state index contributed by atoms with van der Waals surface area (Å²) in [7, 11) is 0. The van der Waals surface area contributed by atoms with Crippen LogP contribution in [-0.4, -0.2) is 11.1 Å². The van der Waals surface area contributed by atoms with Crippen molar-refractivity contribution in [3.05, 3.63) is 24.3 Å². The molecule has 0 heterocycles. The molecule has 2 heteroatoms. The Kier molecular flexibility index (Phi) is 12.6. The van der Waals surface area contributed by atoms with Gasteiger partial charge in [0, 0.05) is 6.42 Å². The van der Waals surface area contributed by atoms with E-state index in [1.54, 1.807) is 0 Å². The molecule has 2 nitrogen and oxygen atoms in total. The maximum atomic E-state index is 10.3. The number of rotatable bonds is 12. The average Bonchev–Trinajstić information content (AvgIpc) is 2.34. The van der Waals surface area contributed by atoms with Gasteiger partial charge in [-0.15, -0.1) is 0 Å². The van der Waals surface area contributed by atoms with Gasteiger partial charge in [0.1, 0.15) is 0 Å². The van der Waals surface area contributed by atoms with E-state index in [1.165, 1.54) is 25.7 Å². The molecular formula is C17H30O2. The standard InChI is InChI=1S/C17H30O2/c1-16(2)14-12-10-8-6-4-3-5-7-9-11-13-15-17(18)19/h4,6-7,9,16H,3,5,8,10-15H2,1-2H3,(H,18,19)/b6-4+,9-7+. The van der Waals surface area contributed by atoms with Gasteiger partial charge in [-0.25, -0.2) is 0 Å². The molecule has 110 valence electrons. The average molecular weight is 266 g/mol. The smallest absolute Gasteiger partial charge is 0.303 e. The molecule has 0 saturated carbocycles. The van der Waals surface area contributed by atoms with E-state index < -0.39 is 5.97 Å². The second-order valence-corrected chi connectivity index (χ2v) is 5.48. The molecule has 0 rings (SSSR count). The van der Waals surface area contributed by atoms with Crippen LogP contribution in [0.4, 0.5) is 0 Å². The normalized spacial score (nSPS) is 11.9. The predicted octanol–water partition coefficient (Wildman–Crippen LogP) is 5.35. The van der Waals surface area contributed by atoms with Crippen LogP contribution in [0.3, 0.4) is 0 Å². The Bertz CT molecular complexity index is 264. The number of carboxylic acid groups (broad SMARTS) is 1. The van der Waals surface area contributed by atoms with Gasteiger partial charge in [-0.1, -0.05) is 51.0 Å². The molecule has 0 radical (unpaired) electrons. The van der Waals surface area contributed by atoms with Crippen molar-refractivity contribution in [2.24, 2.45) is 5.92 Å². The van der Waals surface area contributed by atoms with Gasteiger partial charge in [0.2, 0.25) is 0 Å². The molecule has 0 aromatic rings. The van der Waals surface area contributed by atoms with Crippen LogP contribution < -0.4 is 0 Å². The minimum absolute atomic E-state index is 0.278.